The molecule has 0 aliphatic carbocycles. The van der Waals surface area contributed by atoms with E-state index in [1.54, 1.807) is 0 Å². The van der Waals surface area contributed by atoms with E-state index in [-0.39, 0.29) is 5.92 Å². The third kappa shape index (κ3) is 4.58. The Labute approximate surface area is 130 Å². The zero-order chi connectivity index (χ0) is 15.1. The minimum Gasteiger partial charge on any atom is -0.253 e. The van der Waals surface area contributed by atoms with Gasteiger partial charge in [0.1, 0.15) is 5.55 Å². The van der Waals surface area contributed by atoms with Gasteiger partial charge in [-0.2, -0.15) is 5.53 Å². The molecule has 0 spiro atoms. The van der Waals surface area contributed by atoms with Gasteiger partial charge in [0.25, 0.3) is 0 Å². The third-order valence-corrected chi connectivity index (χ3v) is 4.27. The number of halogens is 1. The first-order valence-electron chi connectivity index (χ1n) is 6.28. The van der Waals surface area contributed by atoms with Crippen molar-refractivity contribution in [1.29, 1.82) is 5.53 Å². The zero-order valence-electron chi connectivity index (χ0n) is 11.1. The van der Waals surface area contributed by atoms with E-state index in [0.717, 1.165) is 11.1 Å². The van der Waals surface area contributed by atoms with Crippen LogP contribution in [0.3, 0.4) is 0 Å². The van der Waals surface area contributed by atoms with Gasteiger partial charge in [0.15, 0.2) is 0 Å². The number of benzene rings is 2. The molecule has 4 nitrogen and oxygen atoms in total. The standard InChI is InChI=1S/C15H14ClN3OS/c16-14-8-6-13(7-9-14)15(10-21(20)11-18-19-17)12-4-2-1-3-5-12/h1-9,11,15,17H,10H2/b18-11+,19-17?. The van der Waals surface area contributed by atoms with Gasteiger partial charge in [0.05, 0.1) is 10.8 Å². The first kappa shape index (κ1) is 15.5. The van der Waals surface area contributed by atoms with Crippen molar-refractivity contribution in [2.24, 2.45) is 10.3 Å². The molecule has 0 fully saturated rings. The Balaban J connectivity index is 2.31. The van der Waals surface area contributed by atoms with Crippen LogP contribution in [0.5, 0.6) is 0 Å². The highest BCUT2D eigenvalue weighted by molar-refractivity contribution is 7.98. The van der Waals surface area contributed by atoms with Crippen LogP contribution in [0.2, 0.25) is 5.02 Å². The van der Waals surface area contributed by atoms with Crippen molar-refractivity contribution in [1.82, 2.24) is 0 Å². The van der Waals surface area contributed by atoms with E-state index in [1.807, 2.05) is 54.6 Å². The van der Waals surface area contributed by atoms with E-state index in [9.17, 15) is 4.21 Å². The van der Waals surface area contributed by atoms with E-state index in [4.69, 9.17) is 17.1 Å². The van der Waals surface area contributed by atoms with Gasteiger partial charge in [-0.15, -0.1) is 5.10 Å². The average Bonchev–Trinajstić information content (AvgIpc) is 2.52. The van der Waals surface area contributed by atoms with Crippen LogP contribution in [0.15, 0.2) is 64.9 Å². The second-order valence-corrected chi connectivity index (χ2v) is 6.13. The predicted octanol–water partition coefficient (Wildman–Crippen LogP) is 4.19. The van der Waals surface area contributed by atoms with Crippen molar-refractivity contribution in [2.75, 3.05) is 5.75 Å². The first-order chi connectivity index (χ1) is 10.2. The largest absolute Gasteiger partial charge is 0.253 e. The Morgan fingerprint density at radius 3 is 2.33 bits per heavy atom. The van der Waals surface area contributed by atoms with Gasteiger partial charge in [-0.3, -0.25) is 4.21 Å². The highest BCUT2D eigenvalue weighted by Crippen LogP contribution is 2.26. The lowest BCUT2D eigenvalue weighted by molar-refractivity contribution is 0.686. The number of nitrogens with zero attached hydrogens (tertiary/aromatic N) is 2. The Bertz CT molecular complexity index is 644. The first-order valence-corrected chi connectivity index (χ1v) is 8.04. The highest BCUT2D eigenvalue weighted by atomic mass is 35.5. The molecule has 0 amide bonds. The molecule has 0 heterocycles. The maximum Gasteiger partial charge on any atom is 0.115 e. The van der Waals surface area contributed by atoms with Crippen LogP contribution >= 0.6 is 11.6 Å². The molecule has 0 aliphatic heterocycles. The Kier molecular flexibility index (Phi) is 5.78. The normalized spacial score (nSPS) is 14.0. The molecule has 6 heteroatoms. The lowest BCUT2D eigenvalue weighted by Crippen LogP contribution is -2.11. The fourth-order valence-electron chi connectivity index (χ4n) is 2.05. The molecule has 2 rings (SSSR count). The smallest absolute Gasteiger partial charge is 0.115 e. The van der Waals surface area contributed by atoms with Crippen LogP contribution in [0.4, 0.5) is 0 Å². The summed E-state index contributed by atoms with van der Waals surface area (Å²) in [5, 5.41) is 6.89. The van der Waals surface area contributed by atoms with Crippen molar-refractivity contribution in [3.05, 3.63) is 70.7 Å². The molecule has 2 atom stereocenters. The fourth-order valence-corrected chi connectivity index (χ4v) is 3.13. The van der Waals surface area contributed by atoms with Crippen molar-refractivity contribution < 1.29 is 4.21 Å². The van der Waals surface area contributed by atoms with E-state index >= 15 is 0 Å². The van der Waals surface area contributed by atoms with Gasteiger partial charge in [-0.25, -0.2) is 0 Å². The van der Waals surface area contributed by atoms with Crippen molar-refractivity contribution in [3.63, 3.8) is 0 Å². The van der Waals surface area contributed by atoms with E-state index in [0.29, 0.717) is 10.8 Å². The van der Waals surface area contributed by atoms with Crippen LogP contribution < -0.4 is 0 Å². The van der Waals surface area contributed by atoms with Gasteiger partial charge >= 0.3 is 0 Å². The van der Waals surface area contributed by atoms with Gasteiger partial charge < -0.3 is 0 Å². The molecule has 2 aromatic carbocycles. The summed E-state index contributed by atoms with van der Waals surface area (Å²) in [6.07, 6.45) is 0. The second-order valence-electron chi connectivity index (χ2n) is 4.38. The lowest BCUT2D eigenvalue weighted by Gasteiger charge is -2.16. The predicted molar refractivity (Wildman–Crippen MR) is 86.4 cm³/mol. The molecule has 0 saturated heterocycles. The monoisotopic (exact) mass is 319 g/mol. The molecule has 0 aromatic heterocycles. The minimum atomic E-state index is -1.29. The van der Waals surface area contributed by atoms with Gasteiger partial charge in [0, 0.05) is 16.7 Å². The molecular weight excluding hydrogens is 306 g/mol. The van der Waals surface area contributed by atoms with Crippen LogP contribution in [-0.4, -0.2) is 15.5 Å². The van der Waals surface area contributed by atoms with Crippen LogP contribution in [0.25, 0.3) is 0 Å². The fraction of sp³-hybridized carbons (Fsp3) is 0.133. The molecule has 2 unspecified atom stereocenters. The van der Waals surface area contributed by atoms with Crippen LogP contribution in [0, 0.1) is 5.53 Å². The molecule has 21 heavy (non-hydrogen) atoms. The number of hydrogen-bond donors (Lipinski definition) is 1. The maximum absolute atomic E-state index is 12.0. The lowest BCUT2D eigenvalue weighted by atomic mass is 9.93. The molecule has 0 bridgehead atoms. The summed E-state index contributed by atoms with van der Waals surface area (Å²) in [6, 6.07) is 17.4. The van der Waals surface area contributed by atoms with Crippen molar-refractivity contribution in [3.8, 4) is 0 Å². The zero-order valence-corrected chi connectivity index (χ0v) is 12.7. The van der Waals surface area contributed by atoms with E-state index in [1.165, 1.54) is 5.55 Å². The van der Waals surface area contributed by atoms with Crippen molar-refractivity contribution in [2.45, 2.75) is 5.92 Å². The van der Waals surface area contributed by atoms with Gasteiger partial charge in [-0.05, 0) is 23.3 Å². The maximum atomic E-state index is 12.0. The molecule has 0 radical (unpaired) electrons. The van der Waals surface area contributed by atoms with Crippen LogP contribution in [0.1, 0.15) is 17.0 Å². The SMILES string of the molecule is N=N/N=C/S(=O)CC(c1ccccc1)c1ccc(Cl)cc1. The number of nitrogens with one attached hydrogen (secondary N) is 1. The Hall–Kier alpha value is -1.85. The van der Waals surface area contributed by atoms with Gasteiger partial charge in [0.2, 0.25) is 0 Å². The molecule has 0 saturated carbocycles. The second kappa shape index (κ2) is 7.81. The molecule has 108 valence electrons. The average molecular weight is 320 g/mol. The summed E-state index contributed by atoms with van der Waals surface area (Å²) in [7, 11) is -1.29. The molecule has 1 N–H and O–H groups in total. The van der Waals surface area contributed by atoms with Crippen LogP contribution in [-0.2, 0) is 10.8 Å². The highest BCUT2D eigenvalue weighted by Gasteiger charge is 2.16. The molecule has 2 aromatic rings. The summed E-state index contributed by atoms with van der Waals surface area (Å²) in [6.45, 7) is 0. The third-order valence-electron chi connectivity index (χ3n) is 3.03. The minimum absolute atomic E-state index is 0.0264. The van der Waals surface area contributed by atoms with E-state index < -0.39 is 10.8 Å². The Morgan fingerprint density at radius 1 is 1.10 bits per heavy atom. The molecular formula is C15H14ClN3OS. The van der Waals surface area contributed by atoms with Gasteiger partial charge in [-0.1, -0.05) is 59.3 Å². The van der Waals surface area contributed by atoms with Crippen molar-refractivity contribution >= 4 is 27.9 Å². The summed E-state index contributed by atoms with van der Waals surface area (Å²) in [5.41, 5.74) is 9.91. The number of rotatable bonds is 6. The summed E-state index contributed by atoms with van der Waals surface area (Å²) < 4.78 is 12.0. The Morgan fingerprint density at radius 2 is 1.71 bits per heavy atom. The van der Waals surface area contributed by atoms with E-state index in [2.05, 4.69) is 10.3 Å². The summed E-state index contributed by atoms with van der Waals surface area (Å²) >= 11 is 5.92. The quantitative estimate of drug-likeness (QED) is 0.369. The number of hydrogen-bond acceptors (Lipinski definition) is 3. The summed E-state index contributed by atoms with van der Waals surface area (Å²) in [5.74, 6) is 0.353. The summed E-state index contributed by atoms with van der Waals surface area (Å²) in [4.78, 5) is 0. The molecule has 0 aliphatic rings. The topological polar surface area (TPSA) is 65.6 Å².